The molecule has 20 heavy (non-hydrogen) atoms. The van der Waals surface area contributed by atoms with Crippen molar-refractivity contribution in [1.82, 2.24) is 4.98 Å². The van der Waals surface area contributed by atoms with Crippen LogP contribution in [0.4, 0.5) is 17.3 Å². The minimum absolute atomic E-state index is 0.447. The van der Waals surface area contributed by atoms with Crippen LogP contribution in [0.3, 0.4) is 0 Å². The number of benzene rings is 1. The monoisotopic (exact) mass is 393 g/mol. The zero-order chi connectivity index (χ0) is 14.7. The fourth-order valence-electron chi connectivity index (χ4n) is 1.56. The van der Waals surface area contributed by atoms with Gasteiger partial charge in [0.15, 0.2) is 5.82 Å². The Bertz CT molecular complexity index is 634. The molecular weight excluding hydrogens is 384 g/mol. The minimum Gasteiger partial charge on any atom is -0.369 e. The second-order valence-corrected chi connectivity index (χ2v) is 6.01. The van der Waals surface area contributed by atoms with E-state index in [0.29, 0.717) is 26.7 Å². The van der Waals surface area contributed by atoms with Crippen LogP contribution in [0.25, 0.3) is 0 Å². The Morgan fingerprint density at radius 2 is 1.75 bits per heavy atom. The Balaban J connectivity index is 2.32. The van der Waals surface area contributed by atoms with Crippen molar-refractivity contribution >= 4 is 68.1 Å². The first-order valence-electron chi connectivity index (χ1n) is 5.83. The van der Waals surface area contributed by atoms with E-state index in [1.165, 1.54) is 0 Å². The summed E-state index contributed by atoms with van der Waals surface area (Å²) in [5.41, 5.74) is 0.820. The minimum atomic E-state index is 0.447. The van der Waals surface area contributed by atoms with E-state index in [4.69, 9.17) is 34.8 Å². The van der Waals surface area contributed by atoms with Crippen molar-refractivity contribution in [1.29, 1.82) is 0 Å². The second-order valence-electron chi connectivity index (χ2n) is 3.93. The highest BCUT2D eigenvalue weighted by molar-refractivity contribution is 9.10. The summed E-state index contributed by atoms with van der Waals surface area (Å²) in [6.07, 6.45) is 0. The molecule has 2 N–H and O–H groups in total. The molecule has 1 heterocycles. The van der Waals surface area contributed by atoms with E-state index < -0.39 is 0 Å². The number of rotatable bonds is 4. The third-order valence-electron chi connectivity index (χ3n) is 2.46. The maximum Gasteiger partial charge on any atom is 0.151 e. The van der Waals surface area contributed by atoms with Crippen LogP contribution in [0.2, 0.25) is 15.1 Å². The Hall–Kier alpha value is -0.680. The molecule has 0 saturated heterocycles. The normalized spacial score (nSPS) is 10.4. The molecule has 0 atom stereocenters. The first-order valence-corrected chi connectivity index (χ1v) is 7.76. The van der Waals surface area contributed by atoms with Crippen LogP contribution in [0.15, 0.2) is 28.7 Å². The summed E-state index contributed by atoms with van der Waals surface area (Å²) in [5.74, 6) is 1.12. The summed E-state index contributed by atoms with van der Waals surface area (Å²) in [5, 5.41) is 7.78. The van der Waals surface area contributed by atoms with E-state index >= 15 is 0 Å². The number of nitrogens with zero attached hydrogens (tertiary/aromatic N) is 1. The number of halogens is 4. The molecule has 106 valence electrons. The molecule has 0 unspecified atom stereocenters. The quantitative estimate of drug-likeness (QED) is 0.669. The number of nitrogens with one attached hydrogen (secondary N) is 2. The van der Waals surface area contributed by atoms with Gasteiger partial charge in [-0.1, -0.05) is 34.8 Å². The van der Waals surface area contributed by atoms with Gasteiger partial charge in [-0.2, -0.15) is 0 Å². The van der Waals surface area contributed by atoms with Gasteiger partial charge in [-0.15, -0.1) is 0 Å². The Morgan fingerprint density at radius 1 is 1.05 bits per heavy atom. The smallest absolute Gasteiger partial charge is 0.151 e. The molecule has 0 spiro atoms. The van der Waals surface area contributed by atoms with E-state index in [-0.39, 0.29) is 0 Å². The molecule has 0 fully saturated rings. The van der Waals surface area contributed by atoms with Crippen LogP contribution < -0.4 is 10.6 Å². The number of pyridine rings is 1. The van der Waals surface area contributed by atoms with Crippen LogP contribution in [0, 0.1) is 0 Å². The first-order chi connectivity index (χ1) is 9.51. The average molecular weight is 396 g/mol. The van der Waals surface area contributed by atoms with Gasteiger partial charge >= 0.3 is 0 Å². The van der Waals surface area contributed by atoms with Crippen LogP contribution in [-0.4, -0.2) is 11.5 Å². The topological polar surface area (TPSA) is 37.0 Å². The Morgan fingerprint density at radius 3 is 2.40 bits per heavy atom. The second kappa shape index (κ2) is 6.85. The molecule has 1 aromatic heterocycles. The highest BCUT2D eigenvalue weighted by atomic mass is 79.9. The third-order valence-corrected chi connectivity index (χ3v) is 4.25. The number of aromatic nitrogens is 1. The fraction of sp³-hybridized carbons (Fsp3) is 0.154. The molecule has 0 aliphatic rings. The van der Waals surface area contributed by atoms with Gasteiger partial charge in [0.05, 0.1) is 15.1 Å². The highest BCUT2D eigenvalue weighted by Crippen LogP contribution is 2.32. The van der Waals surface area contributed by atoms with Crippen molar-refractivity contribution in [3.8, 4) is 0 Å². The molecule has 2 aromatic rings. The van der Waals surface area contributed by atoms with Crippen LogP contribution in [0.5, 0.6) is 0 Å². The van der Waals surface area contributed by atoms with E-state index in [1.54, 1.807) is 12.1 Å². The highest BCUT2D eigenvalue weighted by Gasteiger charge is 2.09. The molecule has 1 aromatic carbocycles. The standard InChI is InChI=1S/C13H11BrCl3N3/c1-2-18-12-10(16)6-11(17)13(20-12)19-7-3-4-9(15)8(14)5-7/h3-6H,2H2,1H3,(H2,18,19,20). The van der Waals surface area contributed by atoms with Gasteiger partial charge in [-0.25, -0.2) is 4.98 Å². The van der Waals surface area contributed by atoms with Gasteiger partial charge < -0.3 is 10.6 Å². The predicted molar refractivity (Wildman–Crippen MR) is 90.9 cm³/mol. The zero-order valence-corrected chi connectivity index (χ0v) is 14.3. The predicted octanol–water partition coefficient (Wildman–Crippen LogP) is 5.98. The zero-order valence-electron chi connectivity index (χ0n) is 10.5. The SMILES string of the molecule is CCNc1nc(Nc2ccc(Cl)c(Br)c2)c(Cl)cc1Cl. The average Bonchev–Trinajstić information content (AvgIpc) is 2.39. The van der Waals surface area contributed by atoms with Crippen molar-refractivity contribution in [3.63, 3.8) is 0 Å². The summed E-state index contributed by atoms with van der Waals surface area (Å²) in [7, 11) is 0. The van der Waals surface area contributed by atoms with E-state index in [0.717, 1.165) is 16.7 Å². The van der Waals surface area contributed by atoms with E-state index in [2.05, 4.69) is 31.5 Å². The molecule has 0 amide bonds. The lowest BCUT2D eigenvalue weighted by Crippen LogP contribution is -2.03. The van der Waals surface area contributed by atoms with Gasteiger partial charge in [-0.05, 0) is 47.1 Å². The molecular formula is C13H11BrCl3N3. The van der Waals surface area contributed by atoms with Gasteiger partial charge in [-0.3, -0.25) is 0 Å². The van der Waals surface area contributed by atoms with Crippen LogP contribution in [-0.2, 0) is 0 Å². The molecule has 0 aliphatic heterocycles. The first kappa shape index (κ1) is 15.7. The molecule has 3 nitrogen and oxygen atoms in total. The van der Waals surface area contributed by atoms with Crippen molar-refractivity contribution in [2.75, 3.05) is 17.2 Å². The molecule has 0 bridgehead atoms. The summed E-state index contributed by atoms with van der Waals surface area (Å²) in [4.78, 5) is 4.37. The Kier molecular flexibility index (Phi) is 5.38. The number of hydrogen-bond acceptors (Lipinski definition) is 3. The lowest BCUT2D eigenvalue weighted by atomic mass is 10.3. The summed E-state index contributed by atoms with van der Waals surface area (Å²) < 4.78 is 0.793. The molecule has 0 saturated carbocycles. The van der Waals surface area contributed by atoms with Gasteiger partial charge in [0.1, 0.15) is 5.82 Å². The van der Waals surface area contributed by atoms with Gasteiger partial charge in [0.2, 0.25) is 0 Å². The maximum absolute atomic E-state index is 6.15. The largest absolute Gasteiger partial charge is 0.369 e. The van der Waals surface area contributed by atoms with Crippen molar-refractivity contribution in [2.24, 2.45) is 0 Å². The summed E-state index contributed by atoms with van der Waals surface area (Å²) in [6.45, 7) is 2.69. The summed E-state index contributed by atoms with van der Waals surface area (Å²) >= 11 is 21.5. The molecule has 0 radical (unpaired) electrons. The molecule has 2 rings (SSSR count). The van der Waals surface area contributed by atoms with E-state index in [9.17, 15) is 0 Å². The maximum atomic E-state index is 6.15. The van der Waals surface area contributed by atoms with Crippen LogP contribution >= 0.6 is 50.7 Å². The molecule has 0 aliphatic carbocycles. The fourth-order valence-corrected chi connectivity index (χ4v) is 2.53. The van der Waals surface area contributed by atoms with Crippen molar-refractivity contribution in [3.05, 3.63) is 43.8 Å². The van der Waals surface area contributed by atoms with Gasteiger partial charge in [0.25, 0.3) is 0 Å². The third kappa shape index (κ3) is 3.70. The lowest BCUT2D eigenvalue weighted by molar-refractivity contribution is 1.16. The van der Waals surface area contributed by atoms with Crippen molar-refractivity contribution in [2.45, 2.75) is 6.92 Å². The number of hydrogen-bond donors (Lipinski definition) is 2. The Labute approximate surface area is 140 Å². The van der Waals surface area contributed by atoms with Crippen molar-refractivity contribution < 1.29 is 0 Å². The lowest BCUT2D eigenvalue weighted by Gasteiger charge is -2.12. The number of anilines is 3. The molecule has 7 heteroatoms. The van der Waals surface area contributed by atoms with Gasteiger partial charge in [0, 0.05) is 16.7 Å². The van der Waals surface area contributed by atoms with Crippen LogP contribution in [0.1, 0.15) is 6.92 Å². The van der Waals surface area contributed by atoms with E-state index in [1.807, 2.05) is 19.1 Å². The summed E-state index contributed by atoms with van der Waals surface area (Å²) in [6, 6.07) is 7.12.